The van der Waals surface area contributed by atoms with Gasteiger partial charge in [0.05, 0.1) is 0 Å². The molecule has 0 aliphatic heterocycles. The number of nitrogens with one attached hydrogen (secondary N) is 1. The van der Waals surface area contributed by atoms with E-state index in [1.165, 1.54) is 11.1 Å². The molecule has 0 spiro atoms. The Morgan fingerprint density at radius 1 is 0.846 bits per heavy atom. The van der Waals surface area contributed by atoms with Crippen LogP contribution in [0.25, 0.3) is 0 Å². The highest BCUT2D eigenvalue weighted by Crippen LogP contribution is 2.21. The molecule has 0 unspecified atom stereocenters. The van der Waals surface area contributed by atoms with E-state index in [0.29, 0.717) is 0 Å². The summed E-state index contributed by atoms with van der Waals surface area (Å²) in [7, 11) is 0. The first-order valence-corrected chi connectivity index (χ1v) is 8.88. The van der Waals surface area contributed by atoms with E-state index in [1.807, 2.05) is 66.7 Å². The number of hydrogen-bond acceptors (Lipinski definition) is 2. The zero-order valence-corrected chi connectivity index (χ0v) is 14.9. The van der Waals surface area contributed by atoms with Crippen LogP contribution in [0.5, 0.6) is 5.75 Å². The van der Waals surface area contributed by atoms with E-state index in [0.717, 1.165) is 29.8 Å². The van der Waals surface area contributed by atoms with Crippen molar-refractivity contribution in [1.29, 1.82) is 0 Å². The molecule has 0 aliphatic carbocycles. The minimum absolute atomic E-state index is 0.0126. The molecule has 3 rings (SSSR count). The highest BCUT2D eigenvalue weighted by atomic mass is 16.5. The third-order valence-electron chi connectivity index (χ3n) is 4.21. The minimum Gasteiger partial charge on any atom is -0.483 e. The van der Waals surface area contributed by atoms with Gasteiger partial charge in [0.1, 0.15) is 5.75 Å². The normalized spacial score (nSPS) is 10.3. The smallest absolute Gasteiger partial charge is 0.262 e. The summed E-state index contributed by atoms with van der Waals surface area (Å²) >= 11 is 0. The van der Waals surface area contributed by atoms with E-state index < -0.39 is 0 Å². The number of amides is 1. The first-order chi connectivity index (χ1) is 12.7. The first kappa shape index (κ1) is 17.7. The van der Waals surface area contributed by atoms with Gasteiger partial charge in [-0.1, -0.05) is 67.6 Å². The fourth-order valence-electron chi connectivity index (χ4n) is 2.77. The van der Waals surface area contributed by atoms with E-state index in [-0.39, 0.29) is 12.5 Å². The third-order valence-corrected chi connectivity index (χ3v) is 4.21. The molecule has 0 saturated carbocycles. The van der Waals surface area contributed by atoms with Crippen molar-refractivity contribution >= 4 is 11.6 Å². The summed E-state index contributed by atoms with van der Waals surface area (Å²) in [4.78, 5) is 12.2. The lowest BCUT2D eigenvalue weighted by atomic mass is 10.0. The number of rotatable bonds is 7. The summed E-state index contributed by atoms with van der Waals surface area (Å²) in [5, 5.41) is 2.87. The molecule has 0 heterocycles. The van der Waals surface area contributed by atoms with E-state index in [1.54, 1.807) is 0 Å². The maximum atomic E-state index is 12.2. The second kappa shape index (κ2) is 8.86. The van der Waals surface area contributed by atoms with Gasteiger partial charge in [-0.15, -0.1) is 0 Å². The summed E-state index contributed by atoms with van der Waals surface area (Å²) in [6.45, 7) is 2.09. The summed E-state index contributed by atoms with van der Waals surface area (Å²) in [6.07, 6.45) is 1.76. The molecule has 132 valence electrons. The third kappa shape index (κ3) is 4.96. The average molecular weight is 345 g/mol. The van der Waals surface area contributed by atoms with Crippen LogP contribution in [0.15, 0.2) is 78.9 Å². The standard InChI is InChI=1S/C23H23NO2/c1-2-18-12-14-21(15-13-18)24-23(25)17-26-22-11-7-6-10-20(22)16-19-8-4-3-5-9-19/h3-15H,2,16-17H2,1H3,(H,24,25). The number of benzene rings is 3. The van der Waals surface area contributed by atoms with Gasteiger partial charge in [0.25, 0.3) is 5.91 Å². The Hall–Kier alpha value is -3.07. The highest BCUT2D eigenvalue weighted by Gasteiger charge is 2.08. The molecule has 1 amide bonds. The number of carbonyl (C=O) groups excluding carboxylic acids is 1. The largest absolute Gasteiger partial charge is 0.483 e. The quantitative estimate of drug-likeness (QED) is 0.664. The van der Waals surface area contributed by atoms with Crippen molar-refractivity contribution in [3.63, 3.8) is 0 Å². The molecule has 1 N–H and O–H groups in total. The van der Waals surface area contributed by atoms with Gasteiger partial charge >= 0.3 is 0 Å². The van der Waals surface area contributed by atoms with Crippen LogP contribution in [0, 0.1) is 0 Å². The van der Waals surface area contributed by atoms with Crippen LogP contribution >= 0.6 is 0 Å². The van der Waals surface area contributed by atoms with Crippen LogP contribution in [0.2, 0.25) is 0 Å². The highest BCUT2D eigenvalue weighted by molar-refractivity contribution is 5.91. The SMILES string of the molecule is CCc1ccc(NC(=O)COc2ccccc2Cc2ccccc2)cc1. The van der Waals surface area contributed by atoms with E-state index in [9.17, 15) is 4.79 Å². The second-order valence-corrected chi connectivity index (χ2v) is 6.16. The van der Waals surface area contributed by atoms with Crippen LogP contribution in [-0.4, -0.2) is 12.5 Å². The van der Waals surface area contributed by atoms with Gasteiger partial charge in [-0.2, -0.15) is 0 Å². The first-order valence-electron chi connectivity index (χ1n) is 8.88. The number of para-hydroxylation sites is 1. The molecule has 3 nitrogen and oxygen atoms in total. The molecule has 3 heteroatoms. The molecular weight excluding hydrogens is 322 g/mol. The second-order valence-electron chi connectivity index (χ2n) is 6.16. The minimum atomic E-state index is -0.163. The molecule has 0 aromatic heterocycles. The molecule has 0 aliphatic rings. The van der Waals surface area contributed by atoms with Gasteiger partial charge in [-0.25, -0.2) is 0 Å². The van der Waals surface area contributed by atoms with Crippen LogP contribution in [-0.2, 0) is 17.6 Å². The fraction of sp³-hybridized carbons (Fsp3) is 0.174. The Kier molecular flexibility index (Phi) is 6.05. The maximum absolute atomic E-state index is 12.2. The predicted octanol–water partition coefficient (Wildman–Crippen LogP) is 4.86. The molecule has 3 aromatic carbocycles. The van der Waals surface area contributed by atoms with E-state index in [2.05, 4.69) is 24.4 Å². The Morgan fingerprint density at radius 2 is 1.54 bits per heavy atom. The van der Waals surface area contributed by atoms with Gasteiger partial charge in [0, 0.05) is 12.1 Å². The number of hydrogen-bond donors (Lipinski definition) is 1. The Morgan fingerprint density at radius 3 is 2.27 bits per heavy atom. The average Bonchev–Trinajstić information content (AvgIpc) is 2.69. The fourth-order valence-corrected chi connectivity index (χ4v) is 2.77. The maximum Gasteiger partial charge on any atom is 0.262 e. The number of aryl methyl sites for hydroxylation is 1. The van der Waals surface area contributed by atoms with Crippen molar-refractivity contribution < 1.29 is 9.53 Å². The lowest BCUT2D eigenvalue weighted by molar-refractivity contribution is -0.118. The molecule has 0 fully saturated rings. The number of anilines is 1. The lowest BCUT2D eigenvalue weighted by Crippen LogP contribution is -2.20. The van der Waals surface area contributed by atoms with Crippen molar-refractivity contribution in [2.75, 3.05) is 11.9 Å². The molecule has 0 atom stereocenters. The van der Waals surface area contributed by atoms with E-state index in [4.69, 9.17) is 4.74 Å². The number of carbonyl (C=O) groups is 1. The van der Waals surface area contributed by atoms with Crippen molar-refractivity contribution in [3.05, 3.63) is 95.6 Å². The molecule has 0 saturated heterocycles. The zero-order valence-electron chi connectivity index (χ0n) is 14.9. The summed E-state index contributed by atoms with van der Waals surface area (Å²) in [5.74, 6) is 0.580. The van der Waals surface area contributed by atoms with Crippen LogP contribution in [0.4, 0.5) is 5.69 Å². The molecule has 0 radical (unpaired) electrons. The van der Waals surface area contributed by atoms with Crippen molar-refractivity contribution in [1.82, 2.24) is 0 Å². The van der Waals surface area contributed by atoms with Crippen LogP contribution < -0.4 is 10.1 Å². The molecule has 0 bridgehead atoms. The Labute approximate surface area is 154 Å². The van der Waals surface area contributed by atoms with E-state index >= 15 is 0 Å². The predicted molar refractivity (Wildman–Crippen MR) is 106 cm³/mol. The van der Waals surface area contributed by atoms with Gasteiger partial charge in [-0.05, 0) is 41.3 Å². The Balaban J connectivity index is 1.59. The summed E-state index contributed by atoms with van der Waals surface area (Å²) in [5.41, 5.74) is 4.31. The van der Waals surface area contributed by atoms with Gasteiger partial charge in [0.2, 0.25) is 0 Å². The zero-order chi connectivity index (χ0) is 18.2. The molecule has 3 aromatic rings. The summed E-state index contributed by atoms with van der Waals surface area (Å²) < 4.78 is 5.78. The van der Waals surface area contributed by atoms with Gasteiger partial charge in [-0.3, -0.25) is 4.79 Å². The van der Waals surface area contributed by atoms with Crippen molar-refractivity contribution in [2.45, 2.75) is 19.8 Å². The van der Waals surface area contributed by atoms with Crippen molar-refractivity contribution in [2.24, 2.45) is 0 Å². The topological polar surface area (TPSA) is 38.3 Å². The number of ether oxygens (including phenoxy) is 1. The lowest BCUT2D eigenvalue weighted by Gasteiger charge is -2.12. The summed E-state index contributed by atoms with van der Waals surface area (Å²) in [6, 6.07) is 25.9. The van der Waals surface area contributed by atoms with Gasteiger partial charge in [0.15, 0.2) is 6.61 Å². The molecule has 26 heavy (non-hydrogen) atoms. The van der Waals surface area contributed by atoms with Crippen molar-refractivity contribution in [3.8, 4) is 5.75 Å². The van der Waals surface area contributed by atoms with Crippen LogP contribution in [0.1, 0.15) is 23.6 Å². The molecular formula is C23H23NO2. The Bertz CT molecular complexity index is 842. The monoisotopic (exact) mass is 345 g/mol. The van der Waals surface area contributed by atoms with Crippen LogP contribution in [0.3, 0.4) is 0 Å². The van der Waals surface area contributed by atoms with Gasteiger partial charge < -0.3 is 10.1 Å².